The number of nitrogens with zero attached hydrogens (tertiary/aromatic N) is 4. The molecule has 0 saturated heterocycles. The van der Waals surface area contributed by atoms with Gasteiger partial charge in [-0.3, -0.25) is 9.59 Å². The van der Waals surface area contributed by atoms with Crippen LogP contribution in [0.1, 0.15) is 66.8 Å². The van der Waals surface area contributed by atoms with E-state index < -0.39 is 12.1 Å². The number of alkyl carbamates (subject to hydrolysis) is 1. The molecule has 3 amide bonds. The van der Waals surface area contributed by atoms with Gasteiger partial charge in [-0.2, -0.15) is 0 Å². The number of amides is 3. The predicted octanol–water partition coefficient (Wildman–Crippen LogP) is 5.92. The summed E-state index contributed by atoms with van der Waals surface area (Å²) in [6.07, 6.45) is 4.41. The zero-order valence-corrected chi connectivity index (χ0v) is 31.8. The van der Waals surface area contributed by atoms with Crippen LogP contribution in [-0.2, 0) is 46.9 Å². The maximum absolute atomic E-state index is 13.8. The highest BCUT2D eigenvalue weighted by molar-refractivity contribution is 5.85. The van der Waals surface area contributed by atoms with Gasteiger partial charge < -0.3 is 39.9 Å². The van der Waals surface area contributed by atoms with Gasteiger partial charge >= 0.3 is 6.09 Å². The van der Waals surface area contributed by atoms with Gasteiger partial charge in [0.05, 0.1) is 43.5 Å². The molecule has 2 aliphatic rings. The van der Waals surface area contributed by atoms with Crippen molar-refractivity contribution in [2.75, 3.05) is 33.8 Å². The van der Waals surface area contributed by atoms with E-state index in [1.165, 1.54) is 12.7 Å². The number of nitrogens with one attached hydrogen (secondary N) is 4. The molecular formula is C42H48N8O5. The number of carbonyl (C=O) groups is 3. The molecule has 2 aromatic heterocycles. The SMILES string of the molecule is CCCN(Cc1ncc(-c2ccc3c(c2)COc2cc4c(cc2-3)CCc2nc(CN(CCC)C(=O)[C@H](NC)c3ccccc3)[nH]c2-4)[nH]1)C(=O)CNC(=O)OC. The fourth-order valence-electron chi connectivity index (χ4n) is 7.53. The Kier molecular flexibility index (Phi) is 11.3. The highest BCUT2D eigenvalue weighted by atomic mass is 16.5. The second-order valence-corrected chi connectivity index (χ2v) is 14.0. The first-order valence-corrected chi connectivity index (χ1v) is 19.0. The molecule has 5 aromatic rings. The average Bonchev–Trinajstić information content (AvgIpc) is 3.86. The van der Waals surface area contributed by atoms with E-state index in [4.69, 9.17) is 9.72 Å². The van der Waals surface area contributed by atoms with E-state index in [1.54, 1.807) is 11.1 Å². The smallest absolute Gasteiger partial charge is 0.407 e. The van der Waals surface area contributed by atoms with Gasteiger partial charge in [-0.15, -0.1) is 0 Å². The molecule has 1 aliphatic heterocycles. The van der Waals surface area contributed by atoms with Crippen LogP contribution in [0.25, 0.3) is 33.6 Å². The Labute approximate surface area is 320 Å². The van der Waals surface area contributed by atoms with Gasteiger partial charge in [0.25, 0.3) is 0 Å². The Morgan fingerprint density at radius 1 is 0.891 bits per heavy atom. The predicted molar refractivity (Wildman–Crippen MR) is 209 cm³/mol. The summed E-state index contributed by atoms with van der Waals surface area (Å²) in [4.78, 5) is 58.1. The highest BCUT2D eigenvalue weighted by Gasteiger charge is 2.29. The van der Waals surface area contributed by atoms with Crippen molar-refractivity contribution < 1.29 is 23.9 Å². The minimum absolute atomic E-state index is 0.0273. The van der Waals surface area contributed by atoms with Gasteiger partial charge in [0, 0.05) is 24.2 Å². The summed E-state index contributed by atoms with van der Waals surface area (Å²) in [5.74, 6) is 2.08. The van der Waals surface area contributed by atoms with Crippen molar-refractivity contribution in [3.63, 3.8) is 0 Å². The van der Waals surface area contributed by atoms with Crippen LogP contribution in [0.3, 0.4) is 0 Å². The monoisotopic (exact) mass is 744 g/mol. The zero-order valence-electron chi connectivity index (χ0n) is 31.8. The Morgan fingerprint density at radius 2 is 1.67 bits per heavy atom. The van der Waals surface area contributed by atoms with Gasteiger partial charge in [-0.05, 0) is 78.7 Å². The van der Waals surface area contributed by atoms with E-state index in [1.807, 2.05) is 49.2 Å². The summed E-state index contributed by atoms with van der Waals surface area (Å²) >= 11 is 0. The number of likely N-dealkylation sites (N-methyl/N-ethyl adjacent to an activating group) is 1. The molecular weight excluding hydrogens is 697 g/mol. The summed E-state index contributed by atoms with van der Waals surface area (Å²) < 4.78 is 11.0. The average molecular weight is 745 g/mol. The Bertz CT molecular complexity index is 2180. The minimum Gasteiger partial charge on any atom is -0.488 e. The summed E-state index contributed by atoms with van der Waals surface area (Å²) in [6, 6.07) is 20.1. The van der Waals surface area contributed by atoms with Crippen molar-refractivity contribution in [3.8, 4) is 39.4 Å². The molecule has 13 heteroatoms. The maximum atomic E-state index is 13.8. The number of benzene rings is 3. The second kappa shape index (κ2) is 16.6. The lowest BCUT2D eigenvalue weighted by Gasteiger charge is -2.26. The van der Waals surface area contributed by atoms with Crippen LogP contribution in [0.4, 0.5) is 4.79 Å². The highest BCUT2D eigenvalue weighted by Crippen LogP contribution is 2.44. The third-order valence-corrected chi connectivity index (χ3v) is 10.2. The summed E-state index contributed by atoms with van der Waals surface area (Å²) in [7, 11) is 3.09. The van der Waals surface area contributed by atoms with Crippen LogP contribution in [0.15, 0.2) is 66.9 Å². The van der Waals surface area contributed by atoms with Gasteiger partial charge in [0.2, 0.25) is 11.8 Å². The molecule has 1 atom stereocenters. The number of H-pyrrole nitrogens is 2. The molecule has 13 nitrogen and oxygen atoms in total. The lowest BCUT2D eigenvalue weighted by Crippen LogP contribution is -2.40. The molecule has 7 rings (SSSR count). The molecule has 0 saturated carbocycles. The molecule has 4 N–H and O–H groups in total. The number of aryl methyl sites for hydroxylation is 2. The third-order valence-electron chi connectivity index (χ3n) is 10.2. The molecule has 1 aliphatic carbocycles. The molecule has 286 valence electrons. The number of imidazole rings is 2. The van der Waals surface area contributed by atoms with Crippen LogP contribution >= 0.6 is 0 Å². The van der Waals surface area contributed by atoms with Gasteiger partial charge in [0.1, 0.15) is 36.6 Å². The van der Waals surface area contributed by atoms with Crippen molar-refractivity contribution in [2.24, 2.45) is 0 Å². The first kappa shape index (κ1) is 37.4. The number of hydrogen-bond donors (Lipinski definition) is 4. The molecule has 3 aromatic carbocycles. The number of hydrogen-bond acceptors (Lipinski definition) is 8. The lowest BCUT2D eigenvalue weighted by atomic mass is 9.86. The van der Waals surface area contributed by atoms with Crippen LogP contribution in [-0.4, -0.2) is 81.4 Å². The second-order valence-electron chi connectivity index (χ2n) is 14.0. The largest absolute Gasteiger partial charge is 0.488 e. The quantitative estimate of drug-likeness (QED) is 0.109. The fraction of sp³-hybridized carbons (Fsp3) is 0.357. The topological polar surface area (TPSA) is 158 Å². The van der Waals surface area contributed by atoms with Crippen LogP contribution in [0, 0.1) is 0 Å². The number of aromatic amines is 2. The van der Waals surface area contributed by atoms with E-state index in [0.717, 1.165) is 87.7 Å². The minimum atomic E-state index is -0.646. The van der Waals surface area contributed by atoms with Crippen molar-refractivity contribution in [1.82, 2.24) is 40.4 Å². The molecule has 55 heavy (non-hydrogen) atoms. The van der Waals surface area contributed by atoms with Gasteiger partial charge in [0.15, 0.2) is 0 Å². The van der Waals surface area contributed by atoms with Crippen molar-refractivity contribution in [3.05, 3.63) is 101 Å². The fourth-order valence-corrected chi connectivity index (χ4v) is 7.53. The number of rotatable bonds is 14. The van der Waals surface area contributed by atoms with E-state index in [0.29, 0.717) is 38.6 Å². The number of ether oxygens (including phenoxy) is 2. The van der Waals surface area contributed by atoms with Crippen LogP contribution in [0.2, 0.25) is 0 Å². The van der Waals surface area contributed by atoms with E-state index >= 15 is 0 Å². The molecule has 0 radical (unpaired) electrons. The Morgan fingerprint density at radius 3 is 2.44 bits per heavy atom. The normalized spacial score (nSPS) is 13.0. The summed E-state index contributed by atoms with van der Waals surface area (Å²) in [5.41, 5.74) is 10.4. The standard InChI is InChI=1S/C42H48N8O5/c1-5-16-49(38(51)22-45-42(53)54-4)23-36-44-21-34(47-36)28-12-14-30-29(18-28)25-55-35-20-31-27(19-32(30)35)13-15-33-40(31)48-37(46-33)24-50(17-6-2)41(52)39(43-3)26-10-8-7-9-11-26/h7-12,14,18-21,39,43H,5-6,13,15-17,22-25H2,1-4H3,(H,44,47)(H,45,53)(H,46,48)/t39-/m1/s1. The van der Waals surface area contributed by atoms with Gasteiger partial charge in [-0.25, -0.2) is 14.8 Å². The molecule has 0 spiro atoms. The maximum Gasteiger partial charge on any atom is 0.407 e. The van der Waals surface area contributed by atoms with Crippen LogP contribution < -0.4 is 15.4 Å². The number of methoxy groups -OCH3 is 1. The number of fused-ring (bicyclic) bond motifs is 6. The number of aromatic nitrogens is 4. The molecule has 0 unspecified atom stereocenters. The molecule has 0 bridgehead atoms. The van der Waals surface area contributed by atoms with E-state index in [9.17, 15) is 14.4 Å². The third kappa shape index (κ3) is 7.97. The van der Waals surface area contributed by atoms with Crippen LogP contribution in [0.5, 0.6) is 5.75 Å². The van der Waals surface area contributed by atoms with Gasteiger partial charge in [-0.1, -0.05) is 56.3 Å². The Hall–Kier alpha value is -5.95. The van der Waals surface area contributed by atoms with Crippen molar-refractivity contribution >= 4 is 17.9 Å². The first-order valence-electron chi connectivity index (χ1n) is 19.0. The Balaban J connectivity index is 1.08. The zero-order chi connectivity index (χ0) is 38.5. The van der Waals surface area contributed by atoms with Crippen molar-refractivity contribution in [2.45, 2.75) is 65.3 Å². The molecule has 0 fully saturated rings. The van der Waals surface area contributed by atoms with Crippen molar-refractivity contribution in [1.29, 1.82) is 0 Å². The van der Waals surface area contributed by atoms with E-state index in [2.05, 4.69) is 67.6 Å². The first-order chi connectivity index (χ1) is 26.8. The summed E-state index contributed by atoms with van der Waals surface area (Å²) in [5, 5.41) is 5.66. The molecule has 3 heterocycles. The lowest BCUT2D eigenvalue weighted by molar-refractivity contribution is -0.134. The van der Waals surface area contributed by atoms with E-state index in [-0.39, 0.29) is 18.4 Å². The number of carbonyl (C=O) groups excluding carboxylic acids is 3. The summed E-state index contributed by atoms with van der Waals surface area (Å²) in [6.45, 7) is 6.21.